The summed E-state index contributed by atoms with van der Waals surface area (Å²) in [6.45, 7) is 7.20. The third kappa shape index (κ3) is 2.54. The summed E-state index contributed by atoms with van der Waals surface area (Å²) in [4.78, 5) is 0. The Kier molecular flexibility index (Phi) is 3.76. The van der Waals surface area contributed by atoms with Gasteiger partial charge in [0.2, 0.25) is 0 Å². The van der Waals surface area contributed by atoms with Crippen LogP contribution >= 0.6 is 0 Å². The first-order chi connectivity index (χ1) is 10.2. The minimum absolute atomic E-state index is 0.0214. The monoisotopic (exact) mass is 313 g/mol. The molecule has 122 valence electrons. The molecule has 1 N–H and O–H groups in total. The Bertz CT molecular complexity index is 538. The van der Waals surface area contributed by atoms with Crippen molar-refractivity contribution < 1.29 is 17.9 Å². The lowest BCUT2D eigenvalue weighted by molar-refractivity contribution is -0.137. The van der Waals surface area contributed by atoms with E-state index in [4.69, 9.17) is 4.74 Å². The maximum Gasteiger partial charge on any atom is 0.416 e. The van der Waals surface area contributed by atoms with E-state index in [2.05, 4.69) is 19.2 Å². The number of nitrogens with one attached hydrogen (secondary N) is 1. The van der Waals surface area contributed by atoms with Crippen LogP contribution in [0.15, 0.2) is 24.3 Å². The fourth-order valence-electron chi connectivity index (χ4n) is 3.99. The molecular weight excluding hydrogens is 291 g/mol. The maximum atomic E-state index is 12.6. The summed E-state index contributed by atoms with van der Waals surface area (Å²) in [7, 11) is 0. The zero-order valence-electron chi connectivity index (χ0n) is 13.1. The Morgan fingerprint density at radius 1 is 1.23 bits per heavy atom. The van der Waals surface area contributed by atoms with Gasteiger partial charge in [0, 0.05) is 30.0 Å². The van der Waals surface area contributed by atoms with Crippen LogP contribution in [0.1, 0.15) is 44.4 Å². The number of rotatable bonds is 3. The van der Waals surface area contributed by atoms with Crippen molar-refractivity contribution in [2.45, 2.75) is 51.6 Å². The summed E-state index contributed by atoms with van der Waals surface area (Å²) < 4.78 is 43.6. The number of halogens is 3. The van der Waals surface area contributed by atoms with E-state index >= 15 is 0 Å². The maximum absolute atomic E-state index is 12.6. The lowest BCUT2D eigenvalue weighted by atomic mass is 9.57. The molecule has 0 radical (unpaired) electrons. The van der Waals surface area contributed by atoms with Gasteiger partial charge in [-0.25, -0.2) is 0 Å². The Hall–Kier alpha value is -1.07. The number of ether oxygens (including phenoxy) is 1. The Morgan fingerprint density at radius 3 is 2.45 bits per heavy atom. The highest BCUT2D eigenvalue weighted by atomic mass is 19.4. The fraction of sp³-hybridized carbons (Fsp3) is 0.647. The second kappa shape index (κ2) is 5.24. The average Bonchev–Trinajstić information content (AvgIpc) is 2.90. The van der Waals surface area contributed by atoms with Crippen LogP contribution in [0.2, 0.25) is 0 Å². The van der Waals surface area contributed by atoms with Crippen LogP contribution in [0.25, 0.3) is 0 Å². The van der Waals surface area contributed by atoms with E-state index in [1.165, 1.54) is 0 Å². The molecule has 4 atom stereocenters. The summed E-state index contributed by atoms with van der Waals surface area (Å²) in [6.07, 6.45) is -2.91. The highest BCUT2D eigenvalue weighted by Crippen LogP contribution is 2.52. The van der Waals surface area contributed by atoms with Crippen LogP contribution in [-0.2, 0) is 10.9 Å². The van der Waals surface area contributed by atoms with Crippen LogP contribution in [-0.4, -0.2) is 18.8 Å². The van der Waals surface area contributed by atoms with E-state index < -0.39 is 11.7 Å². The van der Waals surface area contributed by atoms with E-state index in [1.807, 2.05) is 6.92 Å². The number of alkyl halides is 3. The molecule has 1 saturated carbocycles. The Balaban J connectivity index is 1.68. The molecule has 0 amide bonds. The molecule has 1 aromatic carbocycles. The first-order valence-corrected chi connectivity index (χ1v) is 7.76. The Labute approximate surface area is 129 Å². The molecule has 0 spiro atoms. The lowest BCUT2D eigenvalue weighted by Gasteiger charge is -2.55. The Morgan fingerprint density at radius 2 is 1.86 bits per heavy atom. The van der Waals surface area contributed by atoms with Gasteiger partial charge in [-0.05, 0) is 31.0 Å². The smallest absolute Gasteiger partial charge is 0.377 e. The summed E-state index contributed by atoms with van der Waals surface area (Å²) in [5, 5.41) is 3.59. The number of fused-ring (bicyclic) bond motifs is 1. The van der Waals surface area contributed by atoms with Gasteiger partial charge in [-0.1, -0.05) is 26.0 Å². The van der Waals surface area contributed by atoms with Crippen molar-refractivity contribution in [3.8, 4) is 0 Å². The zero-order valence-corrected chi connectivity index (χ0v) is 13.1. The quantitative estimate of drug-likeness (QED) is 0.904. The zero-order chi connectivity index (χ0) is 16.1. The van der Waals surface area contributed by atoms with Crippen LogP contribution in [0.5, 0.6) is 0 Å². The van der Waals surface area contributed by atoms with Gasteiger partial charge in [0.25, 0.3) is 0 Å². The van der Waals surface area contributed by atoms with Gasteiger partial charge in [0.05, 0.1) is 11.7 Å². The van der Waals surface area contributed by atoms with Gasteiger partial charge >= 0.3 is 6.18 Å². The summed E-state index contributed by atoms with van der Waals surface area (Å²) in [5.41, 5.74) is 0.351. The predicted octanol–water partition coefficient (Wildman–Crippen LogP) is 4.17. The van der Waals surface area contributed by atoms with Gasteiger partial charge in [0.15, 0.2) is 0 Å². The van der Waals surface area contributed by atoms with Crippen molar-refractivity contribution in [2.75, 3.05) is 6.61 Å². The molecule has 2 aliphatic rings. The average molecular weight is 313 g/mol. The topological polar surface area (TPSA) is 21.3 Å². The molecule has 5 heteroatoms. The molecule has 4 unspecified atom stereocenters. The van der Waals surface area contributed by atoms with Crippen LogP contribution in [0.3, 0.4) is 0 Å². The van der Waals surface area contributed by atoms with Crippen molar-refractivity contribution in [2.24, 2.45) is 11.3 Å². The van der Waals surface area contributed by atoms with Crippen LogP contribution < -0.4 is 5.32 Å². The lowest BCUT2D eigenvalue weighted by Crippen LogP contribution is -2.66. The van der Waals surface area contributed by atoms with E-state index in [-0.39, 0.29) is 11.5 Å². The fourth-order valence-corrected chi connectivity index (χ4v) is 3.99. The van der Waals surface area contributed by atoms with Crippen LogP contribution in [0.4, 0.5) is 13.2 Å². The van der Waals surface area contributed by atoms with Gasteiger partial charge in [-0.3, -0.25) is 0 Å². The molecule has 0 bridgehead atoms. The van der Waals surface area contributed by atoms with Crippen molar-refractivity contribution in [1.82, 2.24) is 5.32 Å². The summed E-state index contributed by atoms with van der Waals surface area (Å²) in [5.74, 6) is 0.520. The standard InChI is InChI=1S/C17H22F3NO/c1-10(11-4-6-12(7-5-11)17(18,19)20)21-14-13-8-9-22-15(13)16(14,2)3/h4-7,10,13-15,21H,8-9H2,1-3H3. The second-order valence-corrected chi connectivity index (χ2v) is 7.05. The number of benzene rings is 1. The van der Waals surface area contributed by atoms with E-state index in [0.29, 0.717) is 18.1 Å². The van der Waals surface area contributed by atoms with Crippen molar-refractivity contribution in [1.29, 1.82) is 0 Å². The summed E-state index contributed by atoms with van der Waals surface area (Å²) in [6, 6.07) is 5.80. The minimum Gasteiger partial charge on any atom is -0.377 e. The number of hydrogen-bond donors (Lipinski definition) is 1. The van der Waals surface area contributed by atoms with Gasteiger partial charge < -0.3 is 10.1 Å². The minimum atomic E-state index is -4.28. The SMILES string of the molecule is CC(NC1C2CCOC2C1(C)C)c1ccc(C(F)(F)F)cc1. The van der Waals surface area contributed by atoms with Crippen molar-refractivity contribution >= 4 is 0 Å². The number of hydrogen-bond acceptors (Lipinski definition) is 2. The third-order valence-electron chi connectivity index (χ3n) is 5.27. The molecule has 22 heavy (non-hydrogen) atoms. The summed E-state index contributed by atoms with van der Waals surface area (Å²) >= 11 is 0. The molecule has 0 aromatic heterocycles. The van der Waals surface area contributed by atoms with Crippen molar-refractivity contribution in [3.63, 3.8) is 0 Å². The molecule has 1 saturated heterocycles. The molecule has 2 nitrogen and oxygen atoms in total. The first-order valence-electron chi connectivity index (χ1n) is 7.76. The van der Waals surface area contributed by atoms with Gasteiger partial charge in [-0.15, -0.1) is 0 Å². The molecular formula is C17H22F3NO. The predicted molar refractivity (Wildman–Crippen MR) is 78.4 cm³/mol. The largest absolute Gasteiger partial charge is 0.416 e. The van der Waals surface area contributed by atoms with E-state index in [1.54, 1.807) is 12.1 Å². The highest BCUT2D eigenvalue weighted by molar-refractivity contribution is 5.27. The highest BCUT2D eigenvalue weighted by Gasteiger charge is 2.59. The molecule has 1 aliphatic carbocycles. The molecule has 1 aromatic rings. The van der Waals surface area contributed by atoms with Crippen molar-refractivity contribution in [3.05, 3.63) is 35.4 Å². The van der Waals surface area contributed by atoms with E-state index in [9.17, 15) is 13.2 Å². The van der Waals surface area contributed by atoms with Crippen LogP contribution in [0, 0.1) is 11.3 Å². The third-order valence-corrected chi connectivity index (χ3v) is 5.27. The second-order valence-electron chi connectivity index (χ2n) is 7.05. The van der Waals surface area contributed by atoms with Gasteiger partial charge in [0.1, 0.15) is 0 Å². The molecule has 1 aliphatic heterocycles. The normalized spacial score (nSPS) is 31.5. The van der Waals surface area contributed by atoms with E-state index in [0.717, 1.165) is 30.7 Å². The molecule has 1 heterocycles. The van der Waals surface area contributed by atoms with Gasteiger partial charge in [-0.2, -0.15) is 13.2 Å². The first kappa shape index (κ1) is 15.8. The molecule has 3 rings (SSSR count). The molecule has 2 fully saturated rings.